The van der Waals surface area contributed by atoms with E-state index in [1.807, 2.05) is 20.8 Å². The van der Waals surface area contributed by atoms with Crippen molar-refractivity contribution in [2.24, 2.45) is 0 Å². The first-order valence-corrected chi connectivity index (χ1v) is 12.3. The highest BCUT2D eigenvalue weighted by Gasteiger charge is 2.40. The molecule has 0 aliphatic heterocycles. The van der Waals surface area contributed by atoms with Crippen molar-refractivity contribution in [3.63, 3.8) is 0 Å². The molecule has 0 N–H and O–H groups in total. The van der Waals surface area contributed by atoms with Crippen molar-refractivity contribution in [3.8, 4) is 0 Å². The van der Waals surface area contributed by atoms with Gasteiger partial charge in [0.15, 0.2) is 0 Å². The molecule has 0 aliphatic rings. The largest absolute Gasteiger partial charge is 0.501 e. The first-order chi connectivity index (χ1) is 12.7. The van der Waals surface area contributed by atoms with Crippen LogP contribution in [0.4, 0.5) is 0 Å². The molecule has 0 heterocycles. The lowest BCUT2D eigenvalue weighted by molar-refractivity contribution is 0.00318. The maximum absolute atomic E-state index is 6.16. The van der Waals surface area contributed by atoms with Crippen LogP contribution in [-0.4, -0.2) is 68.3 Å². The molecule has 158 valence electrons. The third-order valence-corrected chi connectivity index (χ3v) is 6.75. The summed E-state index contributed by atoms with van der Waals surface area (Å²) in [5, 5.41) is 0. The Morgan fingerprint density at radius 3 is 1.31 bits per heavy atom. The van der Waals surface area contributed by atoms with Crippen molar-refractivity contribution in [2.75, 3.05) is 59.5 Å². The number of rotatable bonds is 21. The third kappa shape index (κ3) is 15.1. The SMILES string of the molecule is CCCCCCC[Si](OCCOCC)(OCCOCC)OCCOCC. The maximum atomic E-state index is 6.16. The van der Waals surface area contributed by atoms with Crippen molar-refractivity contribution < 1.29 is 27.5 Å². The molecule has 0 aromatic carbocycles. The Bertz CT molecular complexity index is 249. The topological polar surface area (TPSA) is 55.4 Å². The number of ether oxygens (including phenoxy) is 3. The molecule has 0 aliphatic carbocycles. The van der Waals surface area contributed by atoms with E-state index in [0.717, 1.165) is 12.5 Å². The van der Waals surface area contributed by atoms with Gasteiger partial charge in [-0.2, -0.15) is 0 Å². The summed E-state index contributed by atoms with van der Waals surface area (Å²) in [7, 11) is -2.75. The molecule has 0 spiro atoms. The van der Waals surface area contributed by atoms with Gasteiger partial charge in [-0.15, -0.1) is 0 Å². The van der Waals surface area contributed by atoms with Gasteiger partial charge >= 0.3 is 8.80 Å². The van der Waals surface area contributed by atoms with Gasteiger partial charge in [0.2, 0.25) is 0 Å². The minimum Gasteiger partial charge on any atom is -0.379 e. The van der Waals surface area contributed by atoms with E-state index in [1.165, 1.54) is 25.7 Å². The Hall–Kier alpha value is -0.0231. The zero-order valence-corrected chi connectivity index (χ0v) is 18.6. The van der Waals surface area contributed by atoms with Crippen LogP contribution < -0.4 is 0 Å². The quantitative estimate of drug-likeness (QED) is 0.216. The van der Waals surface area contributed by atoms with E-state index in [9.17, 15) is 0 Å². The summed E-state index contributed by atoms with van der Waals surface area (Å²) < 4.78 is 34.7. The highest BCUT2D eigenvalue weighted by molar-refractivity contribution is 6.60. The highest BCUT2D eigenvalue weighted by atomic mass is 28.4. The molecule has 0 fully saturated rings. The Labute approximate surface area is 162 Å². The van der Waals surface area contributed by atoms with Crippen LogP contribution in [-0.2, 0) is 27.5 Å². The molecule has 0 saturated heterocycles. The molecule has 7 heteroatoms. The standard InChI is InChI=1S/C19H42O6Si/c1-5-9-10-11-12-19-26(23-16-13-20-6-2,24-17-14-21-7-3)25-18-15-22-8-4/h5-19H2,1-4H3. The van der Waals surface area contributed by atoms with E-state index in [4.69, 9.17) is 27.5 Å². The van der Waals surface area contributed by atoms with Gasteiger partial charge in [0.1, 0.15) is 0 Å². The van der Waals surface area contributed by atoms with Crippen molar-refractivity contribution in [1.29, 1.82) is 0 Å². The average Bonchev–Trinajstić information content (AvgIpc) is 2.65. The second-order valence-electron chi connectivity index (χ2n) is 5.98. The van der Waals surface area contributed by atoms with Gasteiger partial charge in [-0.1, -0.05) is 32.6 Å². The van der Waals surface area contributed by atoms with Crippen LogP contribution in [0.1, 0.15) is 59.8 Å². The summed E-state index contributed by atoms with van der Waals surface area (Å²) in [6.07, 6.45) is 6.00. The summed E-state index contributed by atoms with van der Waals surface area (Å²) in [5.74, 6) is 0. The monoisotopic (exact) mass is 394 g/mol. The second kappa shape index (κ2) is 19.7. The van der Waals surface area contributed by atoms with E-state index in [-0.39, 0.29) is 0 Å². The molecular weight excluding hydrogens is 352 g/mol. The Kier molecular flexibility index (Phi) is 19.7. The van der Waals surface area contributed by atoms with Crippen LogP contribution >= 0.6 is 0 Å². The van der Waals surface area contributed by atoms with Gasteiger partial charge < -0.3 is 27.5 Å². The predicted molar refractivity (Wildman–Crippen MR) is 107 cm³/mol. The summed E-state index contributed by atoms with van der Waals surface area (Å²) in [6, 6.07) is 0.834. The molecule has 0 rings (SSSR count). The molecule has 0 atom stereocenters. The van der Waals surface area contributed by atoms with E-state index < -0.39 is 8.80 Å². The van der Waals surface area contributed by atoms with E-state index >= 15 is 0 Å². The maximum Gasteiger partial charge on any atom is 0.501 e. The molecule has 0 bridgehead atoms. The van der Waals surface area contributed by atoms with Gasteiger partial charge in [-0.3, -0.25) is 0 Å². The minimum absolute atomic E-state index is 0.498. The molecule has 0 aromatic heterocycles. The van der Waals surface area contributed by atoms with Crippen molar-refractivity contribution in [2.45, 2.75) is 65.8 Å². The molecule has 0 unspecified atom stereocenters. The van der Waals surface area contributed by atoms with Crippen LogP contribution in [0, 0.1) is 0 Å². The van der Waals surface area contributed by atoms with Crippen molar-refractivity contribution >= 4 is 8.80 Å². The normalized spacial score (nSPS) is 12.0. The first kappa shape index (κ1) is 26.0. The molecule has 0 aromatic rings. The van der Waals surface area contributed by atoms with Crippen molar-refractivity contribution in [3.05, 3.63) is 0 Å². The lowest BCUT2D eigenvalue weighted by atomic mass is 10.2. The number of hydrogen-bond acceptors (Lipinski definition) is 6. The molecule has 0 amide bonds. The van der Waals surface area contributed by atoms with Crippen LogP contribution in [0.5, 0.6) is 0 Å². The molecule has 26 heavy (non-hydrogen) atoms. The summed E-state index contributed by atoms with van der Waals surface area (Å²) in [6.45, 7) is 13.4. The van der Waals surface area contributed by atoms with Gasteiger partial charge in [0, 0.05) is 25.9 Å². The fraction of sp³-hybridized carbons (Fsp3) is 1.00. The average molecular weight is 395 g/mol. The summed E-state index contributed by atoms with van der Waals surface area (Å²) in [5.41, 5.74) is 0. The van der Waals surface area contributed by atoms with Crippen LogP contribution in [0.15, 0.2) is 0 Å². The van der Waals surface area contributed by atoms with Gasteiger partial charge in [0.25, 0.3) is 0 Å². The minimum atomic E-state index is -2.75. The molecule has 6 nitrogen and oxygen atoms in total. The van der Waals surface area contributed by atoms with E-state index in [1.54, 1.807) is 0 Å². The lowest BCUT2D eigenvalue weighted by Gasteiger charge is -2.30. The number of unbranched alkanes of at least 4 members (excludes halogenated alkanes) is 4. The first-order valence-electron chi connectivity index (χ1n) is 10.4. The Morgan fingerprint density at radius 2 is 0.923 bits per heavy atom. The van der Waals surface area contributed by atoms with Crippen LogP contribution in [0.25, 0.3) is 0 Å². The smallest absolute Gasteiger partial charge is 0.379 e. The van der Waals surface area contributed by atoms with Crippen LogP contribution in [0.2, 0.25) is 6.04 Å². The number of hydrogen-bond donors (Lipinski definition) is 0. The van der Waals surface area contributed by atoms with Crippen LogP contribution in [0.3, 0.4) is 0 Å². The Balaban J connectivity index is 4.63. The second-order valence-corrected chi connectivity index (χ2v) is 8.72. The van der Waals surface area contributed by atoms with Gasteiger partial charge in [-0.05, 0) is 27.2 Å². The zero-order valence-electron chi connectivity index (χ0n) is 17.6. The summed E-state index contributed by atoms with van der Waals surface area (Å²) >= 11 is 0. The zero-order chi connectivity index (χ0) is 19.3. The van der Waals surface area contributed by atoms with Gasteiger partial charge in [0.05, 0.1) is 39.6 Å². The van der Waals surface area contributed by atoms with Gasteiger partial charge in [-0.25, -0.2) is 0 Å². The predicted octanol–water partition coefficient (Wildman–Crippen LogP) is 4.06. The van der Waals surface area contributed by atoms with Crippen molar-refractivity contribution in [1.82, 2.24) is 0 Å². The fourth-order valence-electron chi connectivity index (χ4n) is 2.49. The van der Waals surface area contributed by atoms with E-state index in [2.05, 4.69) is 6.92 Å². The van der Waals surface area contributed by atoms with E-state index in [0.29, 0.717) is 59.5 Å². The molecular formula is C19H42O6Si. The Morgan fingerprint density at radius 1 is 0.500 bits per heavy atom. The summed E-state index contributed by atoms with van der Waals surface area (Å²) in [4.78, 5) is 0. The highest BCUT2D eigenvalue weighted by Crippen LogP contribution is 2.21. The molecule has 0 saturated carbocycles. The molecule has 0 radical (unpaired) electrons. The fourth-order valence-corrected chi connectivity index (χ4v) is 5.04. The third-order valence-electron chi connectivity index (χ3n) is 3.85. The lowest BCUT2D eigenvalue weighted by Crippen LogP contribution is -2.48.